The third-order valence-electron chi connectivity index (χ3n) is 3.96. The lowest BCUT2D eigenvalue weighted by Crippen LogP contribution is -2.33. The van der Waals surface area contributed by atoms with E-state index in [9.17, 15) is 9.90 Å². The van der Waals surface area contributed by atoms with Crippen LogP contribution in [0.15, 0.2) is 48.5 Å². The summed E-state index contributed by atoms with van der Waals surface area (Å²) in [7, 11) is 0. The monoisotopic (exact) mass is 346 g/mol. The zero-order valence-corrected chi connectivity index (χ0v) is 14.8. The molecule has 0 radical (unpaired) electrons. The lowest BCUT2D eigenvalue weighted by Gasteiger charge is -2.20. The summed E-state index contributed by atoms with van der Waals surface area (Å²) in [6.45, 7) is 5.97. The number of carbonyl (C=O) groups is 1. The van der Waals surface area contributed by atoms with Crippen LogP contribution in [0.2, 0.25) is 5.02 Å². The van der Waals surface area contributed by atoms with Crippen LogP contribution in [0.1, 0.15) is 31.1 Å². The molecule has 2 aromatic rings. The maximum atomic E-state index is 12.3. The van der Waals surface area contributed by atoms with Crippen molar-refractivity contribution >= 4 is 23.2 Å². The molecule has 1 atom stereocenters. The van der Waals surface area contributed by atoms with Crippen molar-refractivity contribution in [2.24, 2.45) is 0 Å². The Morgan fingerprint density at radius 1 is 1.17 bits per heavy atom. The van der Waals surface area contributed by atoms with E-state index in [0.29, 0.717) is 22.8 Å². The molecule has 0 aliphatic heterocycles. The first-order chi connectivity index (χ1) is 11.5. The molecule has 0 saturated heterocycles. The Kier molecular flexibility index (Phi) is 6.79. The molecule has 0 aliphatic rings. The minimum atomic E-state index is -0.853. The normalized spacial score (nSPS) is 12.2. The van der Waals surface area contributed by atoms with Gasteiger partial charge in [-0.25, -0.2) is 0 Å². The van der Waals surface area contributed by atoms with Gasteiger partial charge in [-0.2, -0.15) is 0 Å². The summed E-state index contributed by atoms with van der Waals surface area (Å²) in [4.78, 5) is 14.3. The molecule has 0 saturated carbocycles. The van der Waals surface area contributed by atoms with Crippen LogP contribution in [0, 0.1) is 0 Å². The number of aliphatic hydroxyl groups is 1. The first-order valence-corrected chi connectivity index (χ1v) is 8.47. The summed E-state index contributed by atoms with van der Waals surface area (Å²) < 4.78 is 0. The Morgan fingerprint density at radius 3 is 2.46 bits per heavy atom. The Hall–Kier alpha value is -1.88. The molecule has 0 fully saturated rings. The number of nitrogens with zero attached hydrogens (tertiary/aromatic N) is 1. The molecule has 0 heterocycles. The molecule has 1 amide bonds. The minimum absolute atomic E-state index is 0.109. The van der Waals surface area contributed by atoms with E-state index in [0.717, 1.165) is 18.7 Å². The molecule has 5 heteroatoms. The predicted octanol–water partition coefficient (Wildman–Crippen LogP) is 3.70. The average molecular weight is 347 g/mol. The lowest BCUT2D eigenvalue weighted by atomic mass is 10.00. The fourth-order valence-corrected chi connectivity index (χ4v) is 2.71. The van der Waals surface area contributed by atoms with Gasteiger partial charge >= 0.3 is 0 Å². The van der Waals surface area contributed by atoms with E-state index >= 15 is 0 Å². The molecule has 2 aromatic carbocycles. The highest BCUT2D eigenvalue weighted by atomic mass is 35.5. The third kappa shape index (κ3) is 4.81. The molecule has 0 aliphatic carbocycles. The van der Waals surface area contributed by atoms with Crippen molar-refractivity contribution in [1.82, 2.24) is 4.90 Å². The number of hydrogen-bond donors (Lipinski definition) is 2. The highest BCUT2D eigenvalue weighted by molar-refractivity contribution is 6.30. The van der Waals surface area contributed by atoms with Gasteiger partial charge in [-0.15, -0.1) is 0 Å². The van der Waals surface area contributed by atoms with Crippen LogP contribution in [0.4, 0.5) is 5.69 Å². The number of likely N-dealkylation sites (N-methyl/N-ethyl adjacent to an activating group) is 1. The van der Waals surface area contributed by atoms with Crippen molar-refractivity contribution in [3.63, 3.8) is 0 Å². The summed E-state index contributed by atoms with van der Waals surface area (Å²) in [5.41, 5.74) is 1.91. The molecule has 128 valence electrons. The molecular weight excluding hydrogens is 324 g/mol. The fourth-order valence-electron chi connectivity index (χ4n) is 2.53. The Labute approximate surface area is 148 Å². The SMILES string of the molecule is CCN(CC)CC(=O)Nc1ccc(Cl)cc1[C@H](O)c1ccccc1. The maximum absolute atomic E-state index is 12.3. The van der Waals surface area contributed by atoms with Gasteiger partial charge < -0.3 is 10.4 Å². The Bertz CT molecular complexity index is 672. The van der Waals surface area contributed by atoms with Crippen molar-refractivity contribution in [2.75, 3.05) is 25.0 Å². The average Bonchev–Trinajstić information content (AvgIpc) is 2.61. The van der Waals surface area contributed by atoms with Crippen LogP contribution in [-0.2, 0) is 4.79 Å². The molecule has 0 aromatic heterocycles. The number of anilines is 1. The zero-order chi connectivity index (χ0) is 17.5. The van der Waals surface area contributed by atoms with Gasteiger partial charge in [0, 0.05) is 16.3 Å². The van der Waals surface area contributed by atoms with Gasteiger partial charge in [0.25, 0.3) is 0 Å². The van der Waals surface area contributed by atoms with Crippen LogP contribution in [-0.4, -0.2) is 35.5 Å². The molecular formula is C19H23ClN2O2. The number of aliphatic hydroxyl groups excluding tert-OH is 1. The topological polar surface area (TPSA) is 52.6 Å². The van der Waals surface area contributed by atoms with Crippen molar-refractivity contribution in [3.8, 4) is 0 Å². The number of amides is 1. The lowest BCUT2D eigenvalue weighted by molar-refractivity contribution is -0.117. The largest absolute Gasteiger partial charge is 0.384 e. The van der Waals surface area contributed by atoms with Crippen LogP contribution in [0.25, 0.3) is 0 Å². The van der Waals surface area contributed by atoms with Crippen LogP contribution in [0.3, 0.4) is 0 Å². The molecule has 2 rings (SSSR count). The number of carbonyl (C=O) groups excluding carboxylic acids is 1. The van der Waals surface area contributed by atoms with E-state index in [4.69, 9.17) is 11.6 Å². The molecule has 2 N–H and O–H groups in total. The summed E-state index contributed by atoms with van der Waals surface area (Å²) >= 11 is 6.08. The summed E-state index contributed by atoms with van der Waals surface area (Å²) in [6, 6.07) is 14.4. The highest BCUT2D eigenvalue weighted by Crippen LogP contribution is 2.30. The summed E-state index contributed by atoms with van der Waals surface area (Å²) in [5, 5.41) is 14.1. The van der Waals surface area contributed by atoms with Crippen molar-refractivity contribution in [3.05, 3.63) is 64.7 Å². The van der Waals surface area contributed by atoms with E-state index in [2.05, 4.69) is 5.32 Å². The fraction of sp³-hybridized carbons (Fsp3) is 0.316. The quantitative estimate of drug-likeness (QED) is 0.803. The van der Waals surface area contributed by atoms with Gasteiger partial charge in [0.1, 0.15) is 6.10 Å². The second-order valence-corrected chi connectivity index (χ2v) is 5.99. The van der Waals surface area contributed by atoms with Crippen molar-refractivity contribution < 1.29 is 9.90 Å². The van der Waals surface area contributed by atoms with Crippen LogP contribution >= 0.6 is 11.6 Å². The second-order valence-electron chi connectivity index (χ2n) is 5.55. The molecule has 0 bridgehead atoms. The van der Waals surface area contributed by atoms with E-state index in [-0.39, 0.29) is 5.91 Å². The predicted molar refractivity (Wildman–Crippen MR) is 98.4 cm³/mol. The smallest absolute Gasteiger partial charge is 0.238 e. The Morgan fingerprint density at radius 2 is 1.83 bits per heavy atom. The van der Waals surface area contributed by atoms with Gasteiger partial charge in [-0.1, -0.05) is 55.8 Å². The number of rotatable bonds is 7. The zero-order valence-electron chi connectivity index (χ0n) is 14.0. The van der Waals surface area contributed by atoms with Gasteiger partial charge in [0.15, 0.2) is 0 Å². The summed E-state index contributed by atoms with van der Waals surface area (Å²) in [5.74, 6) is -0.109. The molecule has 4 nitrogen and oxygen atoms in total. The van der Waals surface area contributed by atoms with Crippen molar-refractivity contribution in [2.45, 2.75) is 20.0 Å². The van der Waals surface area contributed by atoms with Crippen molar-refractivity contribution in [1.29, 1.82) is 0 Å². The van der Waals surface area contributed by atoms with Crippen LogP contribution < -0.4 is 5.32 Å². The standard InChI is InChI=1S/C19H23ClN2O2/c1-3-22(4-2)13-18(23)21-17-11-10-15(20)12-16(17)19(24)14-8-6-5-7-9-14/h5-12,19,24H,3-4,13H2,1-2H3,(H,21,23)/t19-/m1/s1. The van der Waals surface area contributed by atoms with Gasteiger partial charge in [0.2, 0.25) is 5.91 Å². The molecule has 0 unspecified atom stereocenters. The number of halogens is 1. The number of hydrogen-bond acceptors (Lipinski definition) is 3. The van der Waals surface area contributed by atoms with Crippen LogP contribution in [0.5, 0.6) is 0 Å². The summed E-state index contributed by atoms with van der Waals surface area (Å²) in [6.07, 6.45) is -0.853. The molecule has 24 heavy (non-hydrogen) atoms. The number of benzene rings is 2. The van der Waals surface area contributed by atoms with Gasteiger partial charge in [-0.05, 0) is 36.9 Å². The first-order valence-electron chi connectivity index (χ1n) is 8.09. The highest BCUT2D eigenvalue weighted by Gasteiger charge is 2.17. The van der Waals surface area contributed by atoms with Gasteiger partial charge in [-0.3, -0.25) is 9.69 Å². The van der Waals surface area contributed by atoms with E-state index in [1.807, 2.05) is 49.1 Å². The Balaban J connectivity index is 2.23. The minimum Gasteiger partial charge on any atom is -0.384 e. The number of nitrogens with one attached hydrogen (secondary N) is 1. The second kappa shape index (κ2) is 8.83. The molecule has 0 spiro atoms. The third-order valence-corrected chi connectivity index (χ3v) is 4.19. The van der Waals surface area contributed by atoms with E-state index in [1.165, 1.54) is 0 Å². The van der Waals surface area contributed by atoms with E-state index in [1.54, 1.807) is 18.2 Å². The van der Waals surface area contributed by atoms with Gasteiger partial charge in [0.05, 0.1) is 6.54 Å². The first kappa shape index (κ1) is 18.5. The maximum Gasteiger partial charge on any atom is 0.238 e. The van der Waals surface area contributed by atoms with E-state index < -0.39 is 6.10 Å².